The Morgan fingerprint density at radius 3 is 2.55 bits per heavy atom. The van der Waals surface area contributed by atoms with Crippen LogP contribution >= 0.6 is 0 Å². The molecule has 2 bridgehead atoms. The number of alkyl carbamates (subject to hydrolysis) is 1. The number of carboxylic acids is 1. The van der Waals surface area contributed by atoms with E-state index in [9.17, 15) is 24.3 Å². The van der Waals surface area contributed by atoms with Crippen LogP contribution < -0.4 is 15.6 Å². The number of carbonyl (C=O) groups excluding carboxylic acids is 2. The average molecular weight is 579 g/mol. The topological polar surface area (TPSA) is 140 Å². The minimum Gasteiger partial charge on any atom is -0.480 e. The lowest BCUT2D eigenvalue weighted by Gasteiger charge is -2.31. The number of rotatable bonds is 2. The Hall–Kier alpha value is -3.89. The van der Waals surface area contributed by atoms with Crippen LogP contribution in [0.3, 0.4) is 0 Å². The Labute approximate surface area is 243 Å². The average Bonchev–Trinajstić information content (AvgIpc) is 3.74. The molecule has 1 aromatic heterocycles. The highest BCUT2D eigenvalue weighted by Crippen LogP contribution is 2.34. The lowest BCUT2D eigenvalue weighted by atomic mass is 9.96. The minimum atomic E-state index is -1.14. The molecule has 6 rings (SSSR count). The standard InChI is InChI=1S/C31H38N4O7/c36-27-22-13-5-6-14-23(22)32-30-34(27)16-7-1-2-9-19-12-8-15-25(19)42-31(40)33-26(20-10-3-4-11-20)28(37)35-18-21(41-30)17-24(35)29(38)39/h1,5-7,13-14,19-21,24-26H,2-4,8-12,15-18H2,(H,33,40)(H,38,39)/t19-,21-,24+,25-,26+/m1/s1. The zero-order chi connectivity index (χ0) is 29.2. The van der Waals surface area contributed by atoms with Crippen LogP contribution in [0.4, 0.5) is 4.79 Å². The monoisotopic (exact) mass is 578 g/mol. The molecule has 5 atom stereocenters. The fourth-order valence-corrected chi connectivity index (χ4v) is 7.15. The Morgan fingerprint density at radius 2 is 1.74 bits per heavy atom. The lowest BCUT2D eigenvalue weighted by Crippen LogP contribution is -2.55. The van der Waals surface area contributed by atoms with Crippen LogP contribution in [0.2, 0.25) is 0 Å². The van der Waals surface area contributed by atoms with Gasteiger partial charge in [0, 0.05) is 13.0 Å². The number of aliphatic carboxylic acids is 1. The number of para-hydroxylation sites is 1. The second-order valence-electron chi connectivity index (χ2n) is 12.0. The van der Waals surface area contributed by atoms with E-state index in [1.165, 1.54) is 9.47 Å². The first kappa shape index (κ1) is 28.2. The zero-order valence-electron chi connectivity index (χ0n) is 23.7. The van der Waals surface area contributed by atoms with Crippen molar-refractivity contribution in [1.29, 1.82) is 0 Å². The van der Waals surface area contributed by atoms with Crippen molar-refractivity contribution in [3.8, 4) is 6.01 Å². The molecule has 11 nitrogen and oxygen atoms in total. The second-order valence-corrected chi connectivity index (χ2v) is 12.0. The summed E-state index contributed by atoms with van der Waals surface area (Å²) in [6.07, 6.45) is 10.2. The molecule has 0 unspecified atom stereocenters. The van der Waals surface area contributed by atoms with E-state index in [4.69, 9.17) is 9.47 Å². The minimum absolute atomic E-state index is 0.00101. The second kappa shape index (κ2) is 12.1. The van der Waals surface area contributed by atoms with Crippen molar-refractivity contribution >= 4 is 28.9 Å². The summed E-state index contributed by atoms with van der Waals surface area (Å²) in [7, 11) is 0. The van der Waals surface area contributed by atoms with E-state index in [0.29, 0.717) is 10.9 Å². The van der Waals surface area contributed by atoms with E-state index in [2.05, 4.69) is 10.3 Å². The van der Waals surface area contributed by atoms with E-state index in [1.807, 2.05) is 12.2 Å². The molecule has 2 amide bonds. The van der Waals surface area contributed by atoms with Gasteiger partial charge in [0.1, 0.15) is 24.3 Å². The summed E-state index contributed by atoms with van der Waals surface area (Å²) < 4.78 is 13.6. The van der Waals surface area contributed by atoms with E-state index < -0.39 is 36.2 Å². The summed E-state index contributed by atoms with van der Waals surface area (Å²) in [5.74, 6) is -1.47. The van der Waals surface area contributed by atoms with Gasteiger partial charge in [0.25, 0.3) is 11.6 Å². The molecule has 2 saturated carbocycles. The van der Waals surface area contributed by atoms with Gasteiger partial charge in [-0.15, -0.1) is 0 Å². The highest BCUT2D eigenvalue weighted by molar-refractivity contribution is 5.90. The van der Waals surface area contributed by atoms with Gasteiger partial charge in [-0.2, -0.15) is 4.98 Å². The number of benzene rings is 1. The Morgan fingerprint density at radius 1 is 0.952 bits per heavy atom. The molecular formula is C31H38N4O7. The molecule has 42 heavy (non-hydrogen) atoms. The SMILES string of the molecule is O=C1N[C@@H](C2CCCC2)C(=O)N2C[C@@H](C[C@H]2C(=O)O)Oc2nc3ccccc3c(=O)n2CC=CCC[C@@H]2CCC[C@H]2O1. The molecule has 0 radical (unpaired) electrons. The molecule has 2 aliphatic carbocycles. The number of aromatic nitrogens is 2. The van der Waals surface area contributed by atoms with Crippen molar-refractivity contribution in [2.45, 2.75) is 95.0 Å². The molecule has 4 aliphatic rings. The van der Waals surface area contributed by atoms with Crippen molar-refractivity contribution < 1.29 is 29.0 Å². The van der Waals surface area contributed by atoms with Crippen LogP contribution in [0.25, 0.3) is 10.9 Å². The molecule has 0 spiro atoms. The summed E-state index contributed by atoms with van der Waals surface area (Å²) in [4.78, 5) is 58.9. The number of fused-ring (bicyclic) bond motifs is 5. The van der Waals surface area contributed by atoms with Crippen LogP contribution in [0.15, 0.2) is 41.2 Å². The first-order valence-electron chi connectivity index (χ1n) is 15.2. The van der Waals surface area contributed by atoms with Gasteiger partial charge >= 0.3 is 12.1 Å². The number of nitrogens with one attached hydrogen (secondary N) is 1. The van der Waals surface area contributed by atoms with Crippen LogP contribution in [0, 0.1) is 11.8 Å². The van der Waals surface area contributed by atoms with Gasteiger partial charge in [0.05, 0.1) is 17.4 Å². The van der Waals surface area contributed by atoms with Crippen LogP contribution in [0.1, 0.15) is 64.2 Å². The van der Waals surface area contributed by atoms with Gasteiger partial charge < -0.3 is 24.8 Å². The molecule has 1 saturated heterocycles. The lowest BCUT2D eigenvalue weighted by molar-refractivity contribution is -0.149. The summed E-state index contributed by atoms with van der Waals surface area (Å²) in [6, 6.07) is 5.13. The van der Waals surface area contributed by atoms with Gasteiger partial charge in [-0.05, 0) is 68.9 Å². The van der Waals surface area contributed by atoms with Gasteiger partial charge in [0.2, 0.25) is 5.91 Å². The van der Waals surface area contributed by atoms with Gasteiger partial charge in [-0.25, -0.2) is 9.59 Å². The third kappa shape index (κ3) is 5.73. The predicted octanol–water partition coefficient (Wildman–Crippen LogP) is 3.63. The number of allylic oxidation sites excluding steroid dienone is 2. The third-order valence-corrected chi connectivity index (χ3v) is 9.35. The quantitative estimate of drug-likeness (QED) is 0.515. The third-order valence-electron chi connectivity index (χ3n) is 9.35. The van der Waals surface area contributed by atoms with Crippen molar-refractivity contribution in [2.75, 3.05) is 6.54 Å². The molecule has 11 heteroatoms. The smallest absolute Gasteiger partial charge is 0.408 e. The van der Waals surface area contributed by atoms with Crippen LogP contribution in [-0.4, -0.2) is 68.4 Å². The van der Waals surface area contributed by atoms with Gasteiger partial charge in [0.15, 0.2) is 0 Å². The van der Waals surface area contributed by atoms with E-state index in [0.717, 1.165) is 57.8 Å². The summed E-state index contributed by atoms with van der Waals surface area (Å²) in [6.45, 7) is 0.236. The molecule has 3 fully saturated rings. The molecule has 2 N–H and O–H groups in total. The first-order chi connectivity index (χ1) is 20.4. The number of carbonyl (C=O) groups is 3. The number of amides is 2. The molecule has 1 aromatic carbocycles. The van der Waals surface area contributed by atoms with Crippen molar-refractivity contribution in [3.05, 3.63) is 46.8 Å². The largest absolute Gasteiger partial charge is 0.480 e. The predicted molar refractivity (Wildman–Crippen MR) is 153 cm³/mol. The number of ether oxygens (including phenoxy) is 2. The number of nitrogens with zero attached hydrogens (tertiary/aromatic N) is 3. The Kier molecular flexibility index (Phi) is 8.17. The van der Waals surface area contributed by atoms with E-state index in [1.54, 1.807) is 24.3 Å². The fourth-order valence-electron chi connectivity index (χ4n) is 7.15. The fraction of sp³-hybridized carbons (Fsp3) is 0.581. The maximum Gasteiger partial charge on any atom is 0.408 e. The first-order valence-corrected chi connectivity index (χ1v) is 15.2. The van der Waals surface area contributed by atoms with Crippen molar-refractivity contribution in [2.24, 2.45) is 11.8 Å². The Bertz CT molecular complexity index is 1430. The van der Waals surface area contributed by atoms with Crippen molar-refractivity contribution in [1.82, 2.24) is 19.8 Å². The molecular weight excluding hydrogens is 540 g/mol. The number of hydrogen-bond donors (Lipinski definition) is 2. The summed E-state index contributed by atoms with van der Waals surface area (Å²) in [5.41, 5.74) is 0.237. The number of hydrogen-bond acceptors (Lipinski definition) is 7. The van der Waals surface area contributed by atoms with Crippen molar-refractivity contribution in [3.63, 3.8) is 0 Å². The number of carboxylic acid groups (broad SMARTS) is 1. The zero-order valence-corrected chi connectivity index (χ0v) is 23.7. The maximum absolute atomic E-state index is 14.0. The summed E-state index contributed by atoms with van der Waals surface area (Å²) >= 11 is 0. The van der Waals surface area contributed by atoms with Gasteiger partial charge in [-0.1, -0.05) is 37.1 Å². The van der Waals surface area contributed by atoms with Crippen LogP contribution in [-0.2, 0) is 20.9 Å². The Balaban J connectivity index is 1.36. The maximum atomic E-state index is 14.0. The molecule has 3 heterocycles. The highest BCUT2D eigenvalue weighted by Gasteiger charge is 2.46. The molecule has 2 aromatic rings. The van der Waals surface area contributed by atoms with E-state index >= 15 is 0 Å². The highest BCUT2D eigenvalue weighted by atomic mass is 16.6. The summed E-state index contributed by atoms with van der Waals surface area (Å²) in [5, 5.41) is 13.4. The van der Waals surface area contributed by atoms with E-state index in [-0.39, 0.29) is 49.0 Å². The normalized spacial score (nSPS) is 29.2. The molecule has 224 valence electrons. The van der Waals surface area contributed by atoms with Crippen LogP contribution in [0.5, 0.6) is 6.01 Å². The molecule has 2 aliphatic heterocycles. The van der Waals surface area contributed by atoms with Gasteiger partial charge in [-0.3, -0.25) is 14.2 Å².